The van der Waals surface area contributed by atoms with Gasteiger partial charge in [0.2, 0.25) is 5.88 Å². The van der Waals surface area contributed by atoms with E-state index in [0.717, 1.165) is 37.5 Å². The van der Waals surface area contributed by atoms with Gasteiger partial charge in [-0.25, -0.2) is 4.98 Å². The number of methoxy groups -OCH3 is 1. The number of hydrogen-bond acceptors (Lipinski definition) is 4. The minimum absolute atomic E-state index is 0.0876. The first-order chi connectivity index (χ1) is 12.0. The van der Waals surface area contributed by atoms with Gasteiger partial charge in [-0.1, -0.05) is 6.07 Å². The molecule has 3 rings (SSSR count). The average Bonchev–Trinajstić information content (AvgIpc) is 3.08. The summed E-state index contributed by atoms with van der Waals surface area (Å²) in [5, 5.41) is 0. The zero-order valence-electron chi connectivity index (χ0n) is 13.8. The maximum atomic E-state index is 12.6. The Bertz CT molecular complexity index is 711. The molecule has 4 nitrogen and oxygen atoms in total. The summed E-state index contributed by atoms with van der Waals surface area (Å²) in [6.07, 6.45) is -1.25. The number of benzene rings is 1. The lowest BCUT2D eigenvalue weighted by atomic mass is 10.2. The SMILES string of the molecule is COc1ccc(CN2CCCC2)cc1Oc1ccc(C(F)(F)F)cn1. The van der Waals surface area contributed by atoms with E-state index in [2.05, 4.69) is 9.88 Å². The maximum absolute atomic E-state index is 12.6. The van der Waals surface area contributed by atoms with Crippen LogP contribution in [-0.4, -0.2) is 30.1 Å². The number of alkyl halides is 3. The second-order valence-electron chi connectivity index (χ2n) is 5.95. The Morgan fingerprint density at radius 1 is 1.08 bits per heavy atom. The molecule has 2 aromatic rings. The smallest absolute Gasteiger partial charge is 0.417 e. The van der Waals surface area contributed by atoms with Crippen molar-refractivity contribution in [2.24, 2.45) is 0 Å². The lowest BCUT2D eigenvalue weighted by molar-refractivity contribution is -0.137. The third kappa shape index (κ3) is 4.42. The molecule has 0 radical (unpaired) electrons. The summed E-state index contributed by atoms with van der Waals surface area (Å²) in [7, 11) is 1.52. The Morgan fingerprint density at radius 3 is 2.44 bits per heavy atom. The van der Waals surface area contributed by atoms with Crippen molar-refractivity contribution in [2.45, 2.75) is 25.6 Å². The molecule has 25 heavy (non-hydrogen) atoms. The van der Waals surface area contributed by atoms with Crippen molar-refractivity contribution < 1.29 is 22.6 Å². The zero-order chi connectivity index (χ0) is 17.9. The van der Waals surface area contributed by atoms with E-state index in [1.807, 2.05) is 12.1 Å². The highest BCUT2D eigenvalue weighted by molar-refractivity contribution is 5.44. The van der Waals surface area contributed by atoms with Crippen LogP contribution in [0.5, 0.6) is 17.4 Å². The van der Waals surface area contributed by atoms with Crippen LogP contribution in [0.3, 0.4) is 0 Å². The summed E-state index contributed by atoms with van der Waals surface area (Å²) in [6.45, 7) is 2.95. The fourth-order valence-electron chi connectivity index (χ4n) is 2.82. The molecule has 0 atom stereocenters. The standard InChI is InChI=1S/C18H19F3N2O2/c1-24-15-6-4-13(12-23-8-2-3-9-23)10-16(15)25-17-7-5-14(11-22-17)18(19,20)21/h4-7,10-11H,2-3,8-9,12H2,1H3. The molecule has 0 spiro atoms. The first kappa shape index (κ1) is 17.5. The third-order valence-electron chi connectivity index (χ3n) is 4.11. The Morgan fingerprint density at radius 2 is 1.84 bits per heavy atom. The van der Waals surface area contributed by atoms with E-state index in [0.29, 0.717) is 11.5 Å². The highest BCUT2D eigenvalue weighted by Gasteiger charge is 2.30. The molecule has 1 fully saturated rings. The Balaban J connectivity index is 1.77. The summed E-state index contributed by atoms with van der Waals surface area (Å²) in [4.78, 5) is 6.09. The molecule has 0 saturated carbocycles. The third-order valence-corrected chi connectivity index (χ3v) is 4.11. The number of hydrogen-bond donors (Lipinski definition) is 0. The fourth-order valence-corrected chi connectivity index (χ4v) is 2.82. The average molecular weight is 352 g/mol. The largest absolute Gasteiger partial charge is 0.493 e. The number of halogens is 3. The molecule has 0 unspecified atom stereocenters. The van der Waals surface area contributed by atoms with E-state index in [1.54, 1.807) is 6.07 Å². The monoisotopic (exact) mass is 352 g/mol. The molecule has 1 aromatic heterocycles. The topological polar surface area (TPSA) is 34.6 Å². The predicted molar refractivity (Wildman–Crippen MR) is 86.8 cm³/mol. The summed E-state index contributed by atoms with van der Waals surface area (Å²) in [5.41, 5.74) is 0.249. The lowest BCUT2D eigenvalue weighted by Gasteiger charge is -2.16. The lowest BCUT2D eigenvalue weighted by Crippen LogP contribution is -2.18. The molecular formula is C18H19F3N2O2. The Hall–Kier alpha value is -2.28. The van der Waals surface area contributed by atoms with Crippen LogP contribution in [0.2, 0.25) is 0 Å². The van der Waals surface area contributed by atoms with E-state index in [4.69, 9.17) is 9.47 Å². The molecule has 1 aliphatic heterocycles. The van der Waals surface area contributed by atoms with Crippen LogP contribution < -0.4 is 9.47 Å². The van der Waals surface area contributed by atoms with Gasteiger partial charge in [0.25, 0.3) is 0 Å². The number of pyridine rings is 1. The Labute approximate surface area is 144 Å². The normalized spacial score (nSPS) is 15.4. The summed E-state index contributed by atoms with van der Waals surface area (Å²) in [5.74, 6) is 1.03. The predicted octanol–water partition coefficient (Wildman–Crippen LogP) is 4.50. The molecule has 2 heterocycles. The van der Waals surface area contributed by atoms with Crippen LogP contribution in [0.15, 0.2) is 36.5 Å². The van der Waals surface area contributed by atoms with Crippen molar-refractivity contribution in [3.05, 3.63) is 47.7 Å². The fraction of sp³-hybridized carbons (Fsp3) is 0.389. The molecule has 0 aliphatic carbocycles. The minimum Gasteiger partial charge on any atom is -0.493 e. The molecule has 134 valence electrons. The quantitative estimate of drug-likeness (QED) is 0.794. The van der Waals surface area contributed by atoms with Crippen molar-refractivity contribution in [3.63, 3.8) is 0 Å². The zero-order valence-corrected chi connectivity index (χ0v) is 13.8. The summed E-state index contributed by atoms with van der Waals surface area (Å²) in [6, 6.07) is 7.75. The second kappa shape index (κ2) is 7.31. The molecule has 1 aliphatic rings. The number of ether oxygens (including phenoxy) is 2. The highest BCUT2D eigenvalue weighted by atomic mass is 19.4. The number of rotatable bonds is 5. The van der Waals surface area contributed by atoms with Gasteiger partial charge in [-0.2, -0.15) is 13.2 Å². The van der Waals surface area contributed by atoms with Crippen LogP contribution >= 0.6 is 0 Å². The molecule has 0 bridgehead atoms. The van der Waals surface area contributed by atoms with Crippen molar-refractivity contribution in [2.75, 3.05) is 20.2 Å². The van der Waals surface area contributed by atoms with Crippen LogP contribution in [0, 0.1) is 0 Å². The number of likely N-dealkylation sites (tertiary alicyclic amines) is 1. The van der Waals surface area contributed by atoms with Gasteiger partial charge in [-0.3, -0.25) is 4.90 Å². The van der Waals surface area contributed by atoms with Crippen molar-refractivity contribution in [1.29, 1.82) is 0 Å². The van der Waals surface area contributed by atoms with Gasteiger partial charge in [0, 0.05) is 18.8 Å². The van der Waals surface area contributed by atoms with Gasteiger partial charge in [0.1, 0.15) is 0 Å². The molecular weight excluding hydrogens is 333 g/mol. The molecule has 0 amide bonds. The van der Waals surface area contributed by atoms with Gasteiger partial charge in [0.05, 0.1) is 12.7 Å². The highest BCUT2D eigenvalue weighted by Crippen LogP contribution is 2.34. The van der Waals surface area contributed by atoms with Crippen molar-refractivity contribution in [3.8, 4) is 17.4 Å². The molecule has 1 saturated heterocycles. The van der Waals surface area contributed by atoms with Crippen LogP contribution in [0.25, 0.3) is 0 Å². The van der Waals surface area contributed by atoms with E-state index in [-0.39, 0.29) is 5.88 Å². The van der Waals surface area contributed by atoms with E-state index < -0.39 is 11.7 Å². The van der Waals surface area contributed by atoms with E-state index >= 15 is 0 Å². The van der Waals surface area contributed by atoms with Crippen LogP contribution in [-0.2, 0) is 12.7 Å². The van der Waals surface area contributed by atoms with Gasteiger partial charge in [-0.05, 0) is 49.7 Å². The molecule has 1 aromatic carbocycles. The van der Waals surface area contributed by atoms with E-state index in [9.17, 15) is 13.2 Å². The van der Waals surface area contributed by atoms with Gasteiger partial charge >= 0.3 is 6.18 Å². The van der Waals surface area contributed by atoms with Crippen molar-refractivity contribution in [1.82, 2.24) is 9.88 Å². The number of nitrogens with zero attached hydrogens (tertiary/aromatic N) is 2. The first-order valence-corrected chi connectivity index (χ1v) is 8.06. The summed E-state index contributed by atoms with van der Waals surface area (Å²) >= 11 is 0. The molecule has 7 heteroatoms. The van der Waals surface area contributed by atoms with Crippen molar-refractivity contribution >= 4 is 0 Å². The van der Waals surface area contributed by atoms with Crippen LogP contribution in [0.4, 0.5) is 13.2 Å². The van der Waals surface area contributed by atoms with Gasteiger partial charge in [-0.15, -0.1) is 0 Å². The van der Waals surface area contributed by atoms with Gasteiger partial charge in [0.15, 0.2) is 11.5 Å². The van der Waals surface area contributed by atoms with E-state index in [1.165, 1.54) is 26.0 Å². The maximum Gasteiger partial charge on any atom is 0.417 e. The Kier molecular flexibility index (Phi) is 5.13. The minimum atomic E-state index is -4.42. The molecule has 0 N–H and O–H groups in total. The van der Waals surface area contributed by atoms with Gasteiger partial charge < -0.3 is 9.47 Å². The van der Waals surface area contributed by atoms with Crippen LogP contribution in [0.1, 0.15) is 24.0 Å². The summed E-state index contributed by atoms with van der Waals surface area (Å²) < 4.78 is 48.7. The number of aromatic nitrogens is 1. The first-order valence-electron chi connectivity index (χ1n) is 8.06. The second-order valence-corrected chi connectivity index (χ2v) is 5.95.